The Kier molecular flexibility index (Phi) is 5.73. The van der Waals surface area contributed by atoms with Gasteiger partial charge in [-0.15, -0.1) is 0 Å². The molecular weight excluding hydrogens is 455 g/mol. The van der Waals surface area contributed by atoms with E-state index in [2.05, 4.69) is 17.4 Å². The molecule has 166 valence electrons. The maximum absolute atomic E-state index is 13.7. The third kappa shape index (κ3) is 3.94. The number of benzene rings is 3. The van der Waals surface area contributed by atoms with Gasteiger partial charge >= 0.3 is 0 Å². The van der Waals surface area contributed by atoms with Crippen molar-refractivity contribution in [1.82, 2.24) is 0 Å². The number of carbonyl (C=O) groups excluding carboxylic acids is 2. The van der Waals surface area contributed by atoms with Crippen LogP contribution >= 0.6 is 23.2 Å². The van der Waals surface area contributed by atoms with Crippen molar-refractivity contribution >= 4 is 46.3 Å². The van der Waals surface area contributed by atoms with Crippen LogP contribution in [0.25, 0.3) is 0 Å². The first-order valence-corrected chi connectivity index (χ1v) is 11.6. The summed E-state index contributed by atoms with van der Waals surface area (Å²) >= 11 is 12.8. The fourth-order valence-electron chi connectivity index (χ4n) is 4.92. The minimum absolute atomic E-state index is 0.00711. The van der Waals surface area contributed by atoms with Gasteiger partial charge in [0.1, 0.15) is 0 Å². The van der Waals surface area contributed by atoms with Crippen LogP contribution < -0.4 is 10.2 Å². The summed E-state index contributed by atoms with van der Waals surface area (Å²) in [6.07, 6.45) is 1.03. The van der Waals surface area contributed by atoms with Gasteiger partial charge in [0.05, 0.1) is 17.4 Å². The predicted molar refractivity (Wildman–Crippen MR) is 133 cm³/mol. The maximum atomic E-state index is 13.7. The number of nitrogens with zero attached hydrogens (tertiary/aromatic N) is 1. The molecule has 1 amide bonds. The van der Waals surface area contributed by atoms with Crippen LogP contribution in [0, 0.1) is 0 Å². The highest BCUT2D eigenvalue weighted by Gasteiger charge is 2.41. The van der Waals surface area contributed by atoms with Crippen molar-refractivity contribution in [2.24, 2.45) is 0 Å². The molecule has 33 heavy (non-hydrogen) atoms. The molecule has 0 aromatic heterocycles. The van der Waals surface area contributed by atoms with Crippen LogP contribution in [0.3, 0.4) is 0 Å². The van der Waals surface area contributed by atoms with E-state index in [9.17, 15) is 9.59 Å². The number of rotatable bonds is 2. The zero-order valence-corrected chi connectivity index (χ0v) is 19.5. The van der Waals surface area contributed by atoms with Crippen LogP contribution in [0.5, 0.6) is 0 Å². The number of ketones is 1. The summed E-state index contributed by atoms with van der Waals surface area (Å²) in [5, 5.41) is 4.42. The molecule has 2 aliphatic rings. The summed E-state index contributed by atoms with van der Waals surface area (Å²) in [6, 6.07) is 22.2. The van der Waals surface area contributed by atoms with Crippen LogP contribution in [0.15, 0.2) is 84.1 Å². The third-order valence-corrected chi connectivity index (χ3v) is 6.92. The van der Waals surface area contributed by atoms with E-state index in [1.165, 1.54) is 6.92 Å². The molecule has 3 aromatic carbocycles. The number of hydrogen-bond donors (Lipinski definition) is 1. The van der Waals surface area contributed by atoms with Crippen molar-refractivity contribution < 1.29 is 9.59 Å². The Morgan fingerprint density at radius 1 is 0.970 bits per heavy atom. The van der Waals surface area contributed by atoms with Gasteiger partial charge in [-0.1, -0.05) is 71.7 Å². The molecule has 0 saturated carbocycles. The van der Waals surface area contributed by atoms with Crippen LogP contribution in [0.4, 0.5) is 11.4 Å². The summed E-state index contributed by atoms with van der Waals surface area (Å²) in [7, 11) is 0. The second-order valence-electron chi connectivity index (χ2n) is 8.43. The van der Waals surface area contributed by atoms with E-state index in [0.29, 0.717) is 39.7 Å². The smallest absolute Gasteiger partial charge is 0.224 e. The molecule has 0 spiro atoms. The number of Topliss-reactive ketones (excluding diaryl/α,β-unsaturated/α-hetero) is 1. The van der Waals surface area contributed by atoms with Crippen molar-refractivity contribution in [2.45, 2.75) is 31.7 Å². The molecule has 2 atom stereocenters. The Labute approximate surface area is 202 Å². The first-order chi connectivity index (χ1) is 15.9. The minimum Gasteiger partial charge on any atom is -0.357 e. The second kappa shape index (κ2) is 8.69. The van der Waals surface area contributed by atoms with Crippen molar-refractivity contribution in [3.8, 4) is 0 Å². The van der Waals surface area contributed by atoms with Gasteiger partial charge in [0.2, 0.25) is 5.91 Å². The maximum Gasteiger partial charge on any atom is 0.224 e. The largest absolute Gasteiger partial charge is 0.357 e. The average molecular weight is 477 g/mol. The Balaban J connectivity index is 1.73. The number of anilines is 2. The molecule has 0 fully saturated rings. The Hall–Kier alpha value is -3.08. The number of carbonyl (C=O) groups is 2. The predicted octanol–water partition coefficient (Wildman–Crippen LogP) is 6.91. The quantitative estimate of drug-likeness (QED) is 0.436. The summed E-state index contributed by atoms with van der Waals surface area (Å²) < 4.78 is 0. The molecule has 1 aliphatic carbocycles. The number of para-hydroxylation sites is 2. The number of fused-ring (bicyclic) bond motifs is 1. The molecular formula is C27H22Cl2N2O2. The van der Waals surface area contributed by atoms with E-state index in [1.54, 1.807) is 23.1 Å². The molecule has 6 heteroatoms. The first-order valence-electron chi connectivity index (χ1n) is 10.9. The Morgan fingerprint density at radius 2 is 1.70 bits per heavy atom. The molecule has 0 unspecified atom stereocenters. The molecule has 3 aromatic rings. The van der Waals surface area contributed by atoms with Crippen molar-refractivity contribution in [1.29, 1.82) is 0 Å². The lowest BCUT2D eigenvalue weighted by molar-refractivity contribution is -0.117. The van der Waals surface area contributed by atoms with Crippen molar-refractivity contribution in [2.75, 3.05) is 10.2 Å². The molecule has 0 saturated heterocycles. The van der Waals surface area contributed by atoms with E-state index >= 15 is 0 Å². The Bertz CT molecular complexity index is 1290. The summed E-state index contributed by atoms with van der Waals surface area (Å²) in [5.74, 6) is -0.109. The highest BCUT2D eigenvalue weighted by Crippen LogP contribution is 2.48. The molecule has 1 heterocycles. The second-order valence-corrected chi connectivity index (χ2v) is 9.27. The topological polar surface area (TPSA) is 49.4 Å². The van der Waals surface area contributed by atoms with E-state index in [1.807, 2.05) is 42.5 Å². The van der Waals surface area contributed by atoms with Gasteiger partial charge < -0.3 is 5.32 Å². The van der Waals surface area contributed by atoms with E-state index in [0.717, 1.165) is 16.9 Å². The standard InChI is InChI=1S/C27H22Cl2N2O2/c1-16(32)31-24-10-6-5-9-22(24)30-23-13-18(17-7-3-2-4-8-17)14-25(33)26(23)27(31)20-12-11-19(28)15-21(20)29/h2-12,15,18,27,30H,13-14H2,1H3/t18-,27+/m1/s1. The lowest BCUT2D eigenvalue weighted by Crippen LogP contribution is -2.37. The zero-order valence-electron chi connectivity index (χ0n) is 18.0. The van der Waals surface area contributed by atoms with Crippen LogP contribution in [0.1, 0.15) is 42.9 Å². The van der Waals surface area contributed by atoms with Gasteiger partial charge in [0, 0.05) is 34.7 Å². The van der Waals surface area contributed by atoms with Crippen LogP contribution in [-0.4, -0.2) is 11.7 Å². The zero-order chi connectivity index (χ0) is 23.1. The third-order valence-electron chi connectivity index (χ3n) is 6.36. The molecule has 0 radical (unpaired) electrons. The van der Waals surface area contributed by atoms with E-state index in [-0.39, 0.29) is 17.6 Å². The number of allylic oxidation sites excluding steroid dienone is 1. The highest BCUT2D eigenvalue weighted by atomic mass is 35.5. The lowest BCUT2D eigenvalue weighted by Gasteiger charge is -2.35. The highest BCUT2D eigenvalue weighted by molar-refractivity contribution is 6.35. The van der Waals surface area contributed by atoms with Crippen molar-refractivity contribution in [3.63, 3.8) is 0 Å². The molecule has 4 nitrogen and oxygen atoms in total. The SMILES string of the molecule is CC(=O)N1c2ccccc2NC2=C(C(=O)C[C@H](c3ccccc3)C2)[C@@H]1c1ccc(Cl)cc1Cl. The van der Waals surface area contributed by atoms with Gasteiger partial charge in [0.25, 0.3) is 0 Å². The number of hydrogen-bond acceptors (Lipinski definition) is 3. The molecule has 1 aliphatic heterocycles. The molecule has 0 bridgehead atoms. The van der Waals surface area contributed by atoms with Gasteiger partial charge in [-0.05, 0) is 47.7 Å². The van der Waals surface area contributed by atoms with Crippen molar-refractivity contribution in [3.05, 3.63) is 105 Å². The minimum atomic E-state index is -0.650. The summed E-state index contributed by atoms with van der Waals surface area (Å²) in [4.78, 5) is 28.4. The van der Waals surface area contributed by atoms with Gasteiger partial charge in [0.15, 0.2) is 5.78 Å². The number of amides is 1. The fourth-order valence-corrected chi connectivity index (χ4v) is 5.43. The lowest BCUT2D eigenvalue weighted by atomic mass is 9.78. The number of halogens is 2. The summed E-state index contributed by atoms with van der Waals surface area (Å²) in [6.45, 7) is 1.51. The monoisotopic (exact) mass is 476 g/mol. The normalized spacial score (nSPS) is 20.0. The average Bonchev–Trinajstić information content (AvgIpc) is 2.94. The van der Waals surface area contributed by atoms with Gasteiger partial charge in [-0.25, -0.2) is 0 Å². The van der Waals surface area contributed by atoms with Gasteiger partial charge in [-0.3, -0.25) is 14.5 Å². The van der Waals surface area contributed by atoms with E-state index < -0.39 is 6.04 Å². The number of nitrogens with one attached hydrogen (secondary N) is 1. The first kappa shape index (κ1) is 21.7. The molecule has 1 N–H and O–H groups in total. The van der Waals surface area contributed by atoms with Gasteiger partial charge in [-0.2, -0.15) is 0 Å². The summed E-state index contributed by atoms with van der Waals surface area (Å²) in [5.41, 5.74) is 4.70. The van der Waals surface area contributed by atoms with E-state index in [4.69, 9.17) is 23.2 Å². The van der Waals surface area contributed by atoms with Crippen LogP contribution in [-0.2, 0) is 9.59 Å². The van der Waals surface area contributed by atoms with Crippen LogP contribution in [0.2, 0.25) is 10.0 Å². The Morgan fingerprint density at radius 3 is 2.42 bits per heavy atom. The fraction of sp³-hybridized carbons (Fsp3) is 0.185. The molecule has 5 rings (SSSR count).